The van der Waals surface area contributed by atoms with E-state index in [1.54, 1.807) is 6.07 Å². The number of carbonyl (C=O) groups is 1. The van der Waals surface area contributed by atoms with Crippen LogP contribution in [0.2, 0.25) is 0 Å². The third kappa shape index (κ3) is 2.81. The number of rotatable bonds is 2. The number of hydrogen-bond acceptors (Lipinski definition) is 2. The molecule has 0 bridgehead atoms. The Morgan fingerprint density at radius 1 is 1.35 bits per heavy atom. The molecular weight excluding hydrogens is 279 g/mol. The topological polar surface area (TPSA) is 32.3 Å². The Hall–Kier alpha value is -1.13. The van der Waals surface area contributed by atoms with Crippen LogP contribution in [0.15, 0.2) is 24.3 Å². The first-order chi connectivity index (χ1) is 9.15. The average molecular weight is 299 g/mol. The van der Waals surface area contributed by atoms with Crippen LogP contribution in [0.4, 0.5) is 4.39 Å². The van der Waals surface area contributed by atoms with E-state index in [0.717, 1.165) is 31.7 Å². The lowest BCUT2D eigenvalue weighted by Gasteiger charge is -2.22. The highest BCUT2D eigenvalue weighted by Gasteiger charge is 2.39. The molecule has 2 aliphatic heterocycles. The fourth-order valence-electron chi connectivity index (χ4n) is 3.23. The van der Waals surface area contributed by atoms with Gasteiger partial charge in [0.05, 0.1) is 5.92 Å². The first kappa shape index (κ1) is 15.3. The zero-order valence-corrected chi connectivity index (χ0v) is 12.3. The Balaban J connectivity index is 0.00000147. The molecule has 0 aliphatic carbocycles. The standard InChI is InChI=1S/C15H19FN2O.ClH/c1-10(11-3-2-4-14(16)5-11)15(19)18-8-12-6-17-7-13(12)9-18;/h2-5,10,12-13,17H,6-9H2,1H3;1H/t10?,12-,13+;. The van der Waals surface area contributed by atoms with Crippen molar-refractivity contribution in [2.24, 2.45) is 11.8 Å². The average Bonchev–Trinajstić information content (AvgIpc) is 2.97. The number of halogens is 2. The van der Waals surface area contributed by atoms with Crippen molar-refractivity contribution in [3.8, 4) is 0 Å². The fraction of sp³-hybridized carbons (Fsp3) is 0.533. The maximum Gasteiger partial charge on any atom is 0.229 e. The number of amides is 1. The highest BCUT2D eigenvalue weighted by atomic mass is 35.5. The minimum atomic E-state index is -0.278. The van der Waals surface area contributed by atoms with E-state index in [2.05, 4.69) is 5.32 Å². The lowest BCUT2D eigenvalue weighted by molar-refractivity contribution is -0.131. The number of benzene rings is 1. The van der Waals surface area contributed by atoms with Crippen molar-refractivity contribution < 1.29 is 9.18 Å². The van der Waals surface area contributed by atoms with Gasteiger partial charge in [-0.1, -0.05) is 12.1 Å². The molecule has 3 atom stereocenters. The van der Waals surface area contributed by atoms with Crippen LogP contribution in [-0.4, -0.2) is 37.0 Å². The van der Waals surface area contributed by atoms with E-state index in [1.807, 2.05) is 17.9 Å². The summed E-state index contributed by atoms with van der Waals surface area (Å²) >= 11 is 0. The van der Waals surface area contributed by atoms with Crippen molar-refractivity contribution >= 4 is 18.3 Å². The van der Waals surface area contributed by atoms with Crippen molar-refractivity contribution in [1.82, 2.24) is 10.2 Å². The second kappa shape index (κ2) is 6.10. The smallest absolute Gasteiger partial charge is 0.229 e. The third-order valence-electron chi connectivity index (χ3n) is 4.42. The van der Waals surface area contributed by atoms with Crippen molar-refractivity contribution in [3.05, 3.63) is 35.6 Å². The summed E-state index contributed by atoms with van der Waals surface area (Å²) in [6.07, 6.45) is 0. The van der Waals surface area contributed by atoms with Crippen LogP contribution in [0.3, 0.4) is 0 Å². The second-order valence-corrected chi connectivity index (χ2v) is 5.70. The zero-order chi connectivity index (χ0) is 13.4. The Morgan fingerprint density at radius 3 is 2.60 bits per heavy atom. The molecule has 1 aromatic rings. The summed E-state index contributed by atoms with van der Waals surface area (Å²) < 4.78 is 13.2. The molecule has 1 amide bonds. The van der Waals surface area contributed by atoms with E-state index in [-0.39, 0.29) is 30.0 Å². The van der Waals surface area contributed by atoms with Gasteiger partial charge in [0.1, 0.15) is 5.82 Å². The zero-order valence-electron chi connectivity index (χ0n) is 11.5. The molecule has 20 heavy (non-hydrogen) atoms. The first-order valence-electron chi connectivity index (χ1n) is 6.90. The summed E-state index contributed by atoms with van der Waals surface area (Å²) in [4.78, 5) is 14.4. The van der Waals surface area contributed by atoms with Crippen molar-refractivity contribution in [3.63, 3.8) is 0 Å². The summed E-state index contributed by atoms with van der Waals surface area (Å²) in [6.45, 7) is 5.58. The molecule has 2 aliphatic rings. The lowest BCUT2D eigenvalue weighted by atomic mass is 10.00. The predicted molar refractivity (Wildman–Crippen MR) is 78.5 cm³/mol. The monoisotopic (exact) mass is 298 g/mol. The van der Waals surface area contributed by atoms with E-state index < -0.39 is 0 Å². The van der Waals surface area contributed by atoms with E-state index >= 15 is 0 Å². The summed E-state index contributed by atoms with van der Waals surface area (Å²) in [5.41, 5.74) is 0.764. The van der Waals surface area contributed by atoms with Gasteiger partial charge in [-0.15, -0.1) is 12.4 Å². The third-order valence-corrected chi connectivity index (χ3v) is 4.42. The molecule has 1 N–H and O–H groups in total. The van der Waals surface area contributed by atoms with Crippen LogP contribution >= 0.6 is 12.4 Å². The molecule has 0 radical (unpaired) electrons. The Morgan fingerprint density at radius 2 is 2.00 bits per heavy atom. The fourth-order valence-corrected chi connectivity index (χ4v) is 3.23. The molecule has 0 saturated carbocycles. The van der Waals surface area contributed by atoms with Crippen LogP contribution in [-0.2, 0) is 4.79 Å². The largest absolute Gasteiger partial charge is 0.342 e. The highest BCUT2D eigenvalue weighted by Crippen LogP contribution is 2.29. The summed E-state index contributed by atoms with van der Waals surface area (Å²) in [6, 6.07) is 6.36. The van der Waals surface area contributed by atoms with Gasteiger partial charge in [-0.25, -0.2) is 4.39 Å². The van der Waals surface area contributed by atoms with Gasteiger partial charge in [0.15, 0.2) is 0 Å². The molecule has 2 saturated heterocycles. The molecule has 1 unspecified atom stereocenters. The predicted octanol–water partition coefficient (Wildman–Crippen LogP) is 2.03. The van der Waals surface area contributed by atoms with Gasteiger partial charge in [-0.2, -0.15) is 0 Å². The lowest BCUT2D eigenvalue weighted by Crippen LogP contribution is -2.34. The van der Waals surface area contributed by atoms with Gasteiger partial charge >= 0.3 is 0 Å². The minimum Gasteiger partial charge on any atom is -0.342 e. The van der Waals surface area contributed by atoms with E-state index in [0.29, 0.717) is 11.8 Å². The van der Waals surface area contributed by atoms with Crippen LogP contribution in [0, 0.1) is 17.7 Å². The van der Waals surface area contributed by atoms with Crippen LogP contribution in [0.1, 0.15) is 18.4 Å². The molecular formula is C15H20ClFN2O. The van der Waals surface area contributed by atoms with Gasteiger partial charge in [-0.3, -0.25) is 4.79 Å². The molecule has 3 nitrogen and oxygen atoms in total. The summed E-state index contributed by atoms with van der Waals surface area (Å²) in [5, 5.41) is 3.36. The summed E-state index contributed by atoms with van der Waals surface area (Å²) in [5.74, 6) is 0.787. The molecule has 1 aromatic carbocycles. The van der Waals surface area contributed by atoms with E-state index in [1.165, 1.54) is 12.1 Å². The maximum absolute atomic E-state index is 13.2. The van der Waals surface area contributed by atoms with Gasteiger partial charge < -0.3 is 10.2 Å². The molecule has 0 spiro atoms. The van der Waals surface area contributed by atoms with Crippen LogP contribution in [0.25, 0.3) is 0 Å². The Kier molecular flexibility index (Phi) is 4.66. The quantitative estimate of drug-likeness (QED) is 0.906. The van der Waals surface area contributed by atoms with Crippen LogP contribution in [0.5, 0.6) is 0 Å². The van der Waals surface area contributed by atoms with Gasteiger partial charge in [0.2, 0.25) is 5.91 Å². The number of nitrogens with one attached hydrogen (secondary N) is 1. The van der Waals surface area contributed by atoms with Gasteiger partial charge in [0, 0.05) is 26.2 Å². The first-order valence-corrected chi connectivity index (χ1v) is 6.90. The molecule has 0 aromatic heterocycles. The normalized spacial score (nSPS) is 26.0. The van der Waals surface area contributed by atoms with Gasteiger partial charge in [-0.05, 0) is 36.5 Å². The summed E-state index contributed by atoms with van der Waals surface area (Å²) in [7, 11) is 0. The molecule has 2 fully saturated rings. The highest BCUT2D eigenvalue weighted by molar-refractivity contribution is 5.85. The number of nitrogens with zero attached hydrogens (tertiary/aromatic N) is 1. The number of likely N-dealkylation sites (tertiary alicyclic amines) is 1. The van der Waals surface area contributed by atoms with Crippen molar-refractivity contribution in [1.29, 1.82) is 0 Å². The Bertz CT molecular complexity index is 485. The molecule has 110 valence electrons. The number of carbonyl (C=O) groups excluding carboxylic acids is 1. The minimum absolute atomic E-state index is 0. The van der Waals surface area contributed by atoms with Crippen LogP contribution < -0.4 is 5.32 Å². The second-order valence-electron chi connectivity index (χ2n) is 5.70. The molecule has 5 heteroatoms. The Labute approximate surface area is 124 Å². The van der Waals surface area contributed by atoms with Gasteiger partial charge in [0.25, 0.3) is 0 Å². The molecule has 2 heterocycles. The maximum atomic E-state index is 13.2. The van der Waals surface area contributed by atoms with Crippen molar-refractivity contribution in [2.75, 3.05) is 26.2 Å². The van der Waals surface area contributed by atoms with E-state index in [4.69, 9.17) is 0 Å². The van der Waals surface area contributed by atoms with E-state index in [9.17, 15) is 9.18 Å². The number of fused-ring (bicyclic) bond motifs is 1. The molecule has 3 rings (SSSR count). The number of hydrogen-bond donors (Lipinski definition) is 1. The SMILES string of the molecule is CC(C(=O)N1C[C@H]2CNC[C@H]2C1)c1cccc(F)c1.Cl. The van der Waals surface area contributed by atoms with Crippen molar-refractivity contribution in [2.45, 2.75) is 12.8 Å².